The van der Waals surface area contributed by atoms with Crippen molar-refractivity contribution >= 4 is 0 Å². The van der Waals surface area contributed by atoms with Crippen molar-refractivity contribution in [3.05, 3.63) is 35.1 Å². The quantitative estimate of drug-likeness (QED) is 0.714. The molecule has 0 unspecified atom stereocenters. The average Bonchev–Trinajstić information content (AvgIpc) is 2.25. The molecule has 0 heterocycles. The molecule has 17 heavy (non-hydrogen) atoms. The number of aryl methyl sites for hydroxylation is 1. The van der Waals surface area contributed by atoms with E-state index in [1.165, 1.54) is 11.6 Å². The highest BCUT2D eigenvalue weighted by atomic mass is 19.1. The molecule has 0 spiro atoms. The van der Waals surface area contributed by atoms with E-state index in [1.54, 1.807) is 6.07 Å². The Bertz CT molecular complexity index is 337. The van der Waals surface area contributed by atoms with Gasteiger partial charge >= 0.3 is 0 Å². The Balaban J connectivity index is 2.18. The second kappa shape index (κ2) is 7.41. The van der Waals surface area contributed by atoms with Gasteiger partial charge in [0.1, 0.15) is 5.82 Å². The minimum Gasteiger partial charge on any atom is -0.314 e. The zero-order chi connectivity index (χ0) is 12.7. The predicted octanol–water partition coefficient (Wildman–Crippen LogP) is 2.61. The molecular weight excluding hydrogens is 215 g/mol. The number of hydrogen-bond donors (Lipinski definition) is 2. The lowest BCUT2D eigenvalue weighted by Crippen LogP contribution is -2.26. The van der Waals surface area contributed by atoms with Gasteiger partial charge in [-0.05, 0) is 49.7 Å². The number of nitrogens with one attached hydrogen (secondary N) is 2. The van der Waals surface area contributed by atoms with Crippen molar-refractivity contribution in [3.8, 4) is 0 Å². The minimum atomic E-state index is -0.160. The first-order valence-corrected chi connectivity index (χ1v) is 6.28. The first kappa shape index (κ1) is 14.1. The maximum atomic E-state index is 12.9. The molecule has 0 fully saturated rings. The predicted molar refractivity (Wildman–Crippen MR) is 70.6 cm³/mol. The van der Waals surface area contributed by atoms with E-state index < -0.39 is 0 Å². The van der Waals surface area contributed by atoms with E-state index in [9.17, 15) is 4.39 Å². The van der Waals surface area contributed by atoms with E-state index in [1.807, 2.05) is 13.0 Å². The average molecular weight is 238 g/mol. The summed E-state index contributed by atoms with van der Waals surface area (Å²) < 4.78 is 12.9. The lowest BCUT2D eigenvalue weighted by Gasteiger charge is -2.10. The molecule has 96 valence electrons. The van der Waals surface area contributed by atoms with Gasteiger partial charge < -0.3 is 10.6 Å². The fourth-order valence-electron chi connectivity index (χ4n) is 1.68. The molecule has 0 radical (unpaired) electrons. The molecule has 3 heteroatoms. The van der Waals surface area contributed by atoms with Crippen LogP contribution in [-0.4, -0.2) is 19.1 Å². The molecular formula is C14H23FN2. The van der Waals surface area contributed by atoms with Crippen molar-refractivity contribution in [1.82, 2.24) is 10.6 Å². The summed E-state index contributed by atoms with van der Waals surface area (Å²) in [6.45, 7) is 9.07. The van der Waals surface area contributed by atoms with Crippen LogP contribution in [0.15, 0.2) is 18.2 Å². The molecule has 0 saturated carbocycles. The topological polar surface area (TPSA) is 24.1 Å². The van der Waals surface area contributed by atoms with E-state index in [4.69, 9.17) is 0 Å². The van der Waals surface area contributed by atoms with E-state index in [2.05, 4.69) is 24.5 Å². The van der Waals surface area contributed by atoms with Gasteiger partial charge in [0.05, 0.1) is 0 Å². The lowest BCUT2D eigenvalue weighted by molar-refractivity contribution is 0.547. The molecule has 0 aliphatic carbocycles. The summed E-state index contributed by atoms with van der Waals surface area (Å²) in [5, 5.41) is 6.75. The van der Waals surface area contributed by atoms with Gasteiger partial charge in [-0.2, -0.15) is 0 Å². The Kier molecular flexibility index (Phi) is 6.16. The monoisotopic (exact) mass is 238 g/mol. The first-order chi connectivity index (χ1) is 8.09. The Morgan fingerprint density at radius 1 is 1.24 bits per heavy atom. The molecule has 0 aromatic heterocycles. The molecule has 1 aromatic rings. The molecule has 0 aliphatic heterocycles. The van der Waals surface area contributed by atoms with Crippen LogP contribution in [0.1, 0.15) is 31.4 Å². The molecule has 0 aliphatic rings. The van der Waals surface area contributed by atoms with E-state index in [0.717, 1.165) is 31.6 Å². The molecule has 1 rings (SSSR count). The van der Waals surface area contributed by atoms with E-state index in [0.29, 0.717) is 6.04 Å². The second-order valence-electron chi connectivity index (χ2n) is 4.71. The van der Waals surface area contributed by atoms with Crippen molar-refractivity contribution in [2.24, 2.45) is 0 Å². The van der Waals surface area contributed by atoms with E-state index in [-0.39, 0.29) is 5.82 Å². The van der Waals surface area contributed by atoms with Gasteiger partial charge in [-0.15, -0.1) is 0 Å². The highest BCUT2D eigenvalue weighted by Crippen LogP contribution is 2.09. The van der Waals surface area contributed by atoms with Crippen LogP contribution in [0.25, 0.3) is 0 Å². The highest BCUT2D eigenvalue weighted by Gasteiger charge is 1.99. The summed E-state index contributed by atoms with van der Waals surface area (Å²) in [5.74, 6) is -0.160. The molecule has 0 bridgehead atoms. The van der Waals surface area contributed by atoms with Gasteiger partial charge in [-0.3, -0.25) is 0 Å². The van der Waals surface area contributed by atoms with Gasteiger partial charge in [0.25, 0.3) is 0 Å². The smallest absolute Gasteiger partial charge is 0.123 e. The van der Waals surface area contributed by atoms with E-state index >= 15 is 0 Å². The van der Waals surface area contributed by atoms with Crippen molar-refractivity contribution in [3.63, 3.8) is 0 Å². The maximum absolute atomic E-state index is 12.9. The summed E-state index contributed by atoms with van der Waals surface area (Å²) in [6.07, 6.45) is 1.11. The van der Waals surface area contributed by atoms with Crippen LogP contribution >= 0.6 is 0 Å². The Morgan fingerprint density at radius 3 is 2.65 bits per heavy atom. The fourth-order valence-corrected chi connectivity index (χ4v) is 1.68. The number of halogens is 1. The number of rotatable bonds is 7. The van der Waals surface area contributed by atoms with Crippen LogP contribution in [0.3, 0.4) is 0 Å². The summed E-state index contributed by atoms with van der Waals surface area (Å²) in [5.41, 5.74) is 2.18. The Labute approximate surface area is 104 Å². The third-order valence-electron chi connectivity index (χ3n) is 2.70. The second-order valence-corrected chi connectivity index (χ2v) is 4.71. The van der Waals surface area contributed by atoms with Crippen molar-refractivity contribution < 1.29 is 4.39 Å². The van der Waals surface area contributed by atoms with Crippen molar-refractivity contribution in [2.45, 2.75) is 39.8 Å². The summed E-state index contributed by atoms with van der Waals surface area (Å²) >= 11 is 0. The zero-order valence-electron chi connectivity index (χ0n) is 11.0. The van der Waals surface area contributed by atoms with Gasteiger partial charge in [0.2, 0.25) is 0 Å². The minimum absolute atomic E-state index is 0.160. The third-order valence-corrected chi connectivity index (χ3v) is 2.70. The first-order valence-electron chi connectivity index (χ1n) is 6.28. The standard InChI is InChI=1S/C14H23FN2/c1-11(2)17-8-4-7-16-10-13-5-6-14(15)9-12(13)3/h5-6,9,11,16-17H,4,7-8,10H2,1-3H3. The Morgan fingerprint density at radius 2 is 2.00 bits per heavy atom. The van der Waals surface area contributed by atoms with Crippen LogP contribution in [0.4, 0.5) is 4.39 Å². The summed E-state index contributed by atoms with van der Waals surface area (Å²) in [4.78, 5) is 0. The van der Waals surface area contributed by atoms with Crippen molar-refractivity contribution in [2.75, 3.05) is 13.1 Å². The molecule has 2 N–H and O–H groups in total. The van der Waals surface area contributed by atoms with Crippen LogP contribution in [0, 0.1) is 12.7 Å². The van der Waals surface area contributed by atoms with Crippen LogP contribution in [0.5, 0.6) is 0 Å². The molecule has 0 amide bonds. The normalized spacial score (nSPS) is 11.1. The zero-order valence-corrected chi connectivity index (χ0v) is 11.0. The molecule has 0 atom stereocenters. The van der Waals surface area contributed by atoms with Gasteiger partial charge in [-0.1, -0.05) is 19.9 Å². The SMILES string of the molecule is Cc1cc(F)ccc1CNCCCNC(C)C. The maximum Gasteiger partial charge on any atom is 0.123 e. The summed E-state index contributed by atoms with van der Waals surface area (Å²) in [6, 6.07) is 5.50. The molecule has 0 saturated heterocycles. The van der Waals surface area contributed by atoms with Gasteiger partial charge in [0.15, 0.2) is 0 Å². The van der Waals surface area contributed by atoms with Gasteiger partial charge in [-0.25, -0.2) is 4.39 Å². The summed E-state index contributed by atoms with van der Waals surface area (Å²) in [7, 11) is 0. The number of benzene rings is 1. The molecule has 2 nitrogen and oxygen atoms in total. The third kappa shape index (κ3) is 5.80. The largest absolute Gasteiger partial charge is 0.314 e. The van der Waals surface area contributed by atoms with Crippen LogP contribution < -0.4 is 10.6 Å². The van der Waals surface area contributed by atoms with Crippen LogP contribution in [0.2, 0.25) is 0 Å². The fraction of sp³-hybridized carbons (Fsp3) is 0.571. The lowest BCUT2D eigenvalue weighted by atomic mass is 10.1. The Hall–Kier alpha value is -0.930. The van der Waals surface area contributed by atoms with Crippen LogP contribution in [-0.2, 0) is 6.54 Å². The van der Waals surface area contributed by atoms with Crippen molar-refractivity contribution in [1.29, 1.82) is 0 Å². The highest BCUT2D eigenvalue weighted by molar-refractivity contribution is 5.26. The number of hydrogen-bond acceptors (Lipinski definition) is 2. The van der Waals surface area contributed by atoms with Gasteiger partial charge in [0, 0.05) is 12.6 Å². The molecule has 1 aromatic carbocycles.